The Bertz CT molecular complexity index is 1150. The summed E-state index contributed by atoms with van der Waals surface area (Å²) >= 11 is 0. The first-order valence-corrected chi connectivity index (χ1v) is 11.4. The van der Waals surface area contributed by atoms with E-state index >= 15 is 0 Å². The molecule has 3 aliphatic heterocycles. The number of rotatable bonds is 4. The van der Waals surface area contributed by atoms with Crippen LogP contribution in [0.5, 0.6) is 0 Å². The minimum Gasteiger partial charge on any atom is -0.322 e. The van der Waals surface area contributed by atoms with Crippen molar-refractivity contribution in [1.82, 2.24) is 15.1 Å². The number of nitriles is 1. The standard InChI is InChI=1S/C26H26N4O3/c27-17-26(10-12-29(13-11-26)15-18-4-2-1-3-5-18)20-6-7-21-19(14-20)16-30(25(21)33)22-8-9-23(31)28-24(22)32/h1-7,14,22H,8-13,15-16H2,(H,28,31,32). The quantitative estimate of drug-likeness (QED) is 0.735. The molecule has 2 saturated heterocycles. The van der Waals surface area contributed by atoms with E-state index in [1.54, 1.807) is 11.0 Å². The van der Waals surface area contributed by atoms with Crippen molar-refractivity contribution in [1.29, 1.82) is 5.26 Å². The van der Waals surface area contributed by atoms with Gasteiger partial charge in [0.05, 0.1) is 11.5 Å². The number of piperidine rings is 2. The molecule has 2 aromatic carbocycles. The van der Waals surface area contributed by atoms with Crippen LogP contribution in [0.25, 0.3) is 0 Å². The molecule has 168 valence electrons. The average molecular weight is 443 g/mol. The van der Waals surface area contributed by atoms with Gasteiger partial charge in [0.1, 0.15) is 6.04 Å². The lowest BCUT2D eigenvalue weighted by molar-refractivity contribution is -0.136. The Morgan fingerprint density at radius 3 is 2.52 bits per heavy atom. The fraction of sp³-hybridized carbons (Fsp3) is 0.385. The summed E-state index contributed by atoms with van der Waals surface area (Å²) in [7, 11) is 0. The van der Waals surface area contributed by atoms with E-state index in [1.807, 2.05) is 30.3 Å². The van der Waals surface area contributed by atoms with Crippen molar-refractivity contribution >= 4 is 17.7 Å². The Kier molecular flexibility index (Phi) is 5.47. The fourth-order valence-electron chi connectivity index (χ4n) is 5.27. The molecule has 33 heavy (non-hydrogen) atoms. The molecule has 3 heterocycles. The van der Waals surface area contributed by atoms with Crippen molar-refractivity contribution < 1.29 is 14.4 Å². The zero-order valence-corrected chi connectivity index (χ0v) is 18.4. The van der Waals surface area contributed by atoms with Gasteiger partial charge in [-0.25, -0.2) is 0 Å². The number of benzene rings is 2. The van der Waals surface area contributed by atoms with Crippen LogP contribution in [0.2, 0.25) is 0 Å². The number of fused-ring (bicyclic) bond motifs is 1. The maximum absolute atomic E-state index is 13.0. The molecule has 0 spiro atoms. The smallest absolute Gasteiger partial charge is 0.255 e. The highest BCUT2D eigenvalue weighted by atomic mass is 16.2. The van der Waals surface area contributed by atoms with Crippen LogP contribution in [-0.2, 0) is 28.1 Å². The molecule has 2 aromatic rings. The molecule has 1 unspecified atom stereocenters. The van der Waals surface area contributed by atoms with Gasteiger partial charge in [-0.3, -0.25) is 24.6 Å². The Morgan fingerprint density at radius 1 is 1.06 bits per heavy atom. The maximum Gasteiger partial charge on any atom is 0.255 e. The fourth-order valence-corrected chi connectivity index (χ4v) is 5.27. The Morgan fingerprint density at radius 2 is 1.82 bits per heavy atom. The van der Waals surface area contributed by atoms with Gasteiger partial charge in [-0.15, -0.1) is 0 Å². The Hall–Kier alpha value is -3.50. The summed E-state index contributed by atoms with van der Waals surface area (Å²) in [6.45, 7) is 2.87. The molecule has 0 aliphatic carbocycles. The summed E-state index contributed by atoms with van der Waals surface area (Å²) in [5.41, 5.74) is 3.07. The first-order chi connectivity index (χ1) is 16.0. The van der Waals surface area contributed by atoms with Crippen LogP contribution in [0.4, 0.5) is 0 Å². The number of imide groups is 1. The second-order valence-corrected chi connectivity index (χ2v) is 9.23. The van der Waals surface area contributed by atoms with Gasteiger partial charge in [0.15, 0.2) is 0 Å². The minimum atomic E-state index is -0.628. The van der Waals surface area contributed by atoms with E-state index in [-0.39, 0.29) is 18.2 Å². The van der Waals surface area contributed by atoms with Crippen molar-refractivity contribution in [3.63, 3.8) is 0 Å². The summed E-state index contributed by atoms with van der Waals surface area (Å²) in [5, 5.41) is 12.5. The lowest BCUT2D eigenvalue weighted by atomic mass is 9.73. The molecular formula is C26H26N4O3. The molecule has 0 aromatic heterocycles. The van der Waals surface area contributed by atoms with E-state index < -0.39 is 17.4 Å². The van der Waals surface area contributed by atoms with Gasteiger partial charge < -0.3 is 4.90 Å². The second kappa shape index (κ2) is 8.45. The van der Waals surface area contributed by atoms with Crippen LogP contribution in [0.1, 0.15) is 52.7 Å². The van der Waals surface area contributed by atoms with Crippen molar-refractivity contribution in [3.8, 4) is 6.07 Å². The van der Waals surface area contributed by atoms with Crippen LogP contribution in [0, 0.1) is 11.3 Å². The Balaban J connectivity index is 1.31. The monoisotopic (exact) mass is 442 g/mol. The van der Waals surface area contributed by atoms with Gasteiger partial charge in [-0.05, 0) is 42.0 Å². The first kappa shape index (κ1) is 21.4. The van der Waals surface area contributed by atoms with Gasteiger partial charge >= 0.3 is 0 Å². The number of hydrogen-bond acceptors (Lipinski definition) is 5. The third kappa shape index (κ3) is 3.91. The number of likely N-dealkylation sites (tertiary alicyclic amines) is 1. The third-order valence-electron chi connectivity index (χ3n) is 7.25. The highest BCUT2D eigenvalue weighted by molar-refractivity contribution is 6.05. The number of hydrogen-bond donors (Lipinski definition) is 1. The summed E-state index contributed by atoms with van der Waals surface area (Å²) in [6.07, 6.45) is 2.05. The highest BCUT2D eigenvalue weighted by Crippen LogP contribution is 2.38. The molecule has 0 saturated carbocycles. The summed E-state index contributed by atoms with van der Waals surface area (Å²) in [4.78, 5) is 40.7. The van der Waals surface area contributed by atoms with Crippen LogP contribution >= 0.6 is 0 Å². The molecule has 0 radical (unpaired) electrons. The number of nitrogens with one attached hydrogen (secondary N) is 1. The molecule has 0 bridgehead atoms. The molecular weight excluding hydrogens is 416 g/mol. The van der Waals surface area contributed by atoms with Gasteiger partial charge in [0, 0.05) is 38.2 Å². The predicted molar refractivity (Wildman–Crippen MR) is 121 cm³/mol. The van der Waals surface area contributed by atoms with Gasteiger partial charge in [0.2, 0.25) is 11.8 Å². The van der Waals surface area contributed by atoms with E-state index in [2.05, 4.69) is 28.4 Å². The molecule has 1 N–H and O–H groups in total. The van der Waals surface area contributed by atoms with E-state index in [9.17, 15) is 19.6 Å². The molecule has 2 fully saturated rings. The lowest BCUT2D eigenvalue weighted by Crippen LogP contribution is -2.52. The largest absolute Gasteiger partial charge is 0.322 e. The van der Waals surface area contributed by atoms with Gasteiger partial charge in [0.25, 0.3) is 5.91 Å². The average Bonchev–Trinajstić information content (AvgIpc) is 3.16. The topological polar surface area (TPSA) is 93.5 Å². The van der Waals surface area contributed by atoms with Crippen LogP contribution < -0.4 is 5.32 Å². The first-order valence-electron chi connectivity index (χ1n) is 11.4. The van der Waals surface area contributed by atoms with E-state index in [0.717, 1.165) is 43.6 Å². The molecule has 7 nitrogen and oxygen atoms in total. The normalized spacial score (nSPS) is 22.6. The Labute approximate surface area is 193 Å². The molecule has 1 atom stereocenters. The summed E-state index contributed by atoms with van der Waals surface area (Å²) in [5.74, 6) is -0.890. The molecule has 3 amide bonds. The van der Waals surface area contributed by atoms with Crippen LogP contribution in [0.15, 0.2) is 48.5 Å². The minimum absolute atomic E-state index is 0.185. The summed E-state index contributed by atoms with van der Waals surface area (Å²) < 4.78 is 0. The summed E-state index contributed by atoms with van der Waals surface area (Å²) in [6, 6.07) is 18.0. The highest BCUT2D eigenvalue weighted by Gasteiger charge is 2.41. The predicted octanol–water partition coefficient (Wildman–Crippen LogP) is 2.50. The zero-order chi connectivity index (χ0) is 23.0. The zero-order valence-electron chi connectivity index (χ0n) is 18.4. The van der Waals surface area contributed by atoms with Crippen molar-refractivity contribution in [2.24, 2.45) is 0 Å². The van der Waals surface area contributed by atoms with Crippen molar-refractivity contribution in [2.45, 2.75) is 50.2 Å². The van der Waals surface area contributed by atoms with E-state index in [4.69, 9.17) is 0 Å². The third-order valence-corrected chi connectivity index (χ3v) is 7.25. The number of carbonyl (C=O) groups excluding carboxylic acids is 3. The van der Waals surface area contributed by atoms with Crippen LogP contribution in [0.3, 0.4) is 0 Å². The molecule has 7 heteroatoms. The number of carbonyl (C=O) groups is 3. The molecule has 3 aliphatic rings. The van der Waals surface area contributed by atoms with Crippen LogP contribution in [-0.4, -0.2) is 46.7 Å². The van der Waals surface area contributed by atoms with Crippen molar-refractivity contribution in [2.75, 3.05) is 13.1 Å². The van der Waals surface area contributed by atoms with E-state index in [1.165, 1.54) is 5.56 Å². The number of nitrogens with zero attached hydrogens (tertiary/aromatic N) is 3. The SMILES string of the molecule is N#CC1(c2ccc3c(c2)CN(C2CCC(=O)NC2=O)C3=O)CCN(Cc2ccccc2)CC1. The number of amides is 3. The lowest BCUT2D eigenvalue weighted by Gasteiger charge is -2.37. The van der Waals surface area contributed by atoms with Crippen molar-refractivity contribution in [3.05, 3.63) is 70.8 Å². The van der Waals surface area contributed by atoms with Gasteiger partial charge in [-0.2, -0.15) is 5.26 Å². The second-order valence-electron chi connectivity index (χ2n) is 9.23. The van der Waals surface area contributed by atoms with Gasteiger partial charge in [-0.1, -0.05) is 42.5 Å². The van der Waals surface area contributed by atoms with E-state index in [0.29, 0.717) is 18.5 Å². The molecule has 5 rings (SSSR count). The maximum atomic E-state index is 13.0.